The van der Waals surface area contributed by atoms with Crippen LogP contribution >= 0.6 is 0 Å². The molecule has 0 radical (unpaired) electrons. The molecule has 2 unspecified atom stereocenters. The van der Waals surface area contributed by atoms with Crippen LogP contribution in [-0.4, -0.2) is 41.2 Å². The van der Waals surface area contributed by atoms with E-state index in [9.17, 15) is 0 Å². The van der Waals surface area contributed by atoms with Crippen molar-refractivity contribution >= 4 is 0 Å². The van der Waals surface area contributed by atoms with Crippen molar-refractivity contribution in [1.82, 2.24) is 15.1 Å². The van der Waals surface area contributed by atoms with E-state index in [1.807, 2.05) is 10.9 Å². The van der Waals surface area contributed by atoms with Gasteiger partial charge in [0.15, 0.2) is 5.75 Å². The van der Waals surface area contributed by atoms with Crippen molar-refractivity contribution in [3.63, 3.8) is 0 Å². The highest BCUT2D eigenvalue weighted by Gasteiger charge is 2.28. The van der Waals surface area contributed by atoms with Crippen molar-refractivity contribution in [2.75, 3.05) is 13.2 Å². The Bertz CT molecular complexity index is 403. The molecule has 3 rings (SSSR count). The summed E-state index contributed by atoms with van der Waals surface area (Å²) in [6, 6.07) is 0.763. The first-order chi connectivity index (χ1) is 9.33. The van der Waals surface area contributed by atoms with Crippen LogP contribution < -0.4 is 10.1 Å². The zero-order valence-corrected chi connectivity index (χ0v) is 11.5. The van der Waals surface area contributed by atoms with Crippen LogP contribution in [0.4, 0.5) is 0 Å². The van der Waals surface area contributed by atoms with Crippen molar-refractivity contribution < 1.29 is 9.47 Å². The summed E-state index contributed by atoms with van der Waals surface area (Å²) in [5, 5.41) is 7.72. The van der Waals surface area contributed by atoms with Gasteiger partial charge in [-0.3, -0.25) is 4.68 Å². The number of aryl methyl sites for hydroxylation is 1. The third-order valence-electron chi connectivity index (χ3n) is 3.78. The fraction of sp³-hybridized carbons (Fsp3) is 0.786. The fourth-order valence-electron chi connectivity index (χ4n) is 2.42. The van der Waals surface area contributed by atoms with E-state index in [2.05, 4.69) is 17.3 Å². The second-order valence-corrected chi connectivity index (χ2v) is 5.48. The molecule has 1 saturated heterocycles. The summed E-state index contributed by atoms with van der Waals surface area (Å²) in [6.45, 7) is 4.57. The lowest BCUT2D eigenvalue weighted by molar-refractivity contribution is 0.0184. The lowest BCUT2D eigenvalue weighted by atomic mass is 10.2. The molecule has 2 heterocycles. The molecular weight excluding hydrogens is 242 g/mol. The van der Waals surface area contributed by atoms with E-state index in [0.29, 0.717) is 12.7 Å². The third kappa shape index (κ3) is 3.70. The van der Waals surface area contributed by atoms with Crippen LogP contribution in [-0.2, 0) is 11.3 Å². The molecule has 19 heavy (non-hydrogen) atoms. The fourth-order valence-corrected chi connectivity index (χ4v) is 2.42. The van der Waals surface area contributed by atoms with Crippen LogP contribution in [0, 0.1) is 0 Å². The standard InChI is InChI=1S/C14H23N3O2/c1-2-17-9-14(8-16-17)18-10-13-6-5-12(19-13)7-15-11-3-4-11/h8-9,11-13,15H,2-7,10H2,1H3. The molecular formula is C14H23N3O2. The van der Waals surface area contributed by atoms with E-state index in [1.165, 1.54) is 12.8 Å². The molecule has 0 amide bonds. The van der Waals surface area contributed by atoms with Gasteiger partial charge in [0, 0.05) is 19.1 Å². The van der Waals surface area contributed by atoms with Gasteiger partial charge in [-0.05, 0) is 32.6 Å². The van der Waals surface area contributed by atoms with Crippen molar-refractivity contribution in [3.05, 3.63) is 12.4 Å². The summed E-state index contributed by atoms with van der Waals surface area (Å²) in [7, 11) is 0. The topological polar surface area (TPSA) is 48.3 Å². The average molecular weight is 265 g/mol. The van der Waals surface area contributed by atoms with Crippen molar-refractivity contribution in [2.24, 2.45) is 0 Å². The Morgan fingerprint density at radius 1 is 1.37 bits per heavy atom. The first-order valence-electron chi connectivity index (χ1n) is 7.37. The van der Waals surface area contributed by atoms with Gasteiger partial charge in [0.25, 0.3) is 0 Å². The largest absolute Gasteiger partial charge is 0.488 e. The van der Waals surface area contributed by atoms with E-state index in [1.54, 1.807) is 6.20 Å². The Balaban J connectivity index is 1.36. The summed E-state index contributed by atoms with van der Waals surface area (Å²) < 4.78 is 13.6. The maximum Gasteiger partial charge on any atom is 0.157 e. The van der Waals surface area contributed by atoms with Crippen molar-refractivity contribution in [1.29, 1.82) is 0 Å². The van der Waals surface area contributed by atoms with Crippen LogP contribution in [0.15, 0.2) is 12.4 Å². The number of hydrogen-bond acceptors (Lipinski definition) is 4. The summed E-state index contributed by atoms with van der Waals surface area (Å²) in [5.41, 5.74) is 0. The van der Waals surface area contributed by atoms with Crippen LogP contribution in [0.2, 0.25) is 0 Å². The monoisotopic (exact) mass is 265 g/mol. The Labute approximate surface area is 114 Å². The minimum absolute atomic E-state index is 0.232. The van der Waals surface area contributed by atoms with Gasteiger partial charge in [-0.15, -0.1) is 0 Å². The molecule has 106 valence electrons. The van der Waals surface area contributed by atoms with Crippen LogP contribution in [0.5, 0.6) is 5.75 Å². The van der Waals surface area contributed by atoms with E-state index in [0.717, 1.165) is 37.7 Å². The second kappa shape index (κ2) is 5.92. The third-order valence-corrected chi connectivity index (χ3v) is 3.78. The summed E-state index contributed by atoms with van der Waals surface area (Å²) in [4.78, 5) is 0. The number of nitrogens with zero attached hydrogens (tertiary/aromatic N) is 2. The highest BCUT2D eigenvalue weighted by molar-refractivity contribution is 5.11. The summed E-state index contributed by atoms with van der Waals surface area (Å²) in [6.07, 6.45) is 9.21. The summed E-state index contributed by atoms with van der Waals surface area (Å²) >= 11 is 0. The van der Waals surface area contributed by atoms with Gasteiger partial charge in [-0.25, -0.2) is 0 Å². The zero-order chi connectivity index (χ0) is 13.1. The second-order valence-electron chi connectivity index (χ2n) is 5.48. The van der Waals surface area contributed by atoms with Gasteiger partial charge in [0.2, 0.25) is 0 Å². The predicted octanol–water partition coefficient (Wildman–Crippen LogP) is 1.58. The van der Waals surface area contributed by atoms with Crippen LogP contribution in [0.25, 0.3) is 0 Å². The Hall–Kier alpha value is -1.07. The van der Waals surface area contributed by atoms with Gasteiger partial charge >= 0.3 is 0 Å². The number of aromatic nitrogens is 2. The van der Waals surface area contributed by atoms with Crippen molar-refractivity contribution in [3.8, 4) is 5.75 Å². The first kappa shape index (κ1) is 12.9. The van der Waals surface area contributed by atoms with Gasteiger partial charge in [-0.1, -0.05) is 0 Å². The number of rotatable bonds is 7. The lowest BCUT2D eigenvalue weighted by Crippen LogP contribution is -2.29. The number of ether oxygens (including phenoxy) is 2. The Kier molecular flexibility index (Phi) is 4.03. The Morgan fingerprint density at radius 3 is 2.95 bits per heavy atom. The number of hydrogen-bond donors (Lipinski definition) is 1. The molecule has 2 aliphatic rings. The molecule has 1 N–H and O–H groups in total. The minimum Gasteiger partial charge on any atom is -0.488 e. The van der Waals surface area contributed by atoms with Gasteiger partial charge < -0.3 is 14.8 Å². The molecule has 0 aromatic carbocycles. The first-order valence-corrected chi connectivity index (χ1v) is 7.37. The molecule has 5 heteroatoms. The summed E-state index contributed by atoms with van der Waals surface area (Å²) in [5.74, 6) is 0.838. The molecule has 0 bridgehead atoms. The van der Waals surface area contributed by atoms with E-state index in [-0.39, 0.29) is 6.10 Å². The van der Waals surface area contributed by atoms with Crippen molar-refractivity contribution in [2.45, 2.75) is 57.4 Å². The molecule has 5 nitrogen and oxygen atoms in total. The maximum atomic E-state index is 5.98. The zero-order valence-electron chi connectivity index (χ0n) is 11.5. The van der Waals surface area contributed by atoms with Crippen LogP contribution in [0.3, 0.4) is 0 Å². The van der Waals surface area contributed by atoms with Gasteiger partial charge in [-0.2, -0.15) is 5.10 Å². The van der Waals surface area contributed by atoms with E-state index in [4.69, 9.17) is 9.47 Å². The Morgan fingerprint density at radius 2 is 2.21 bits per heavy atom. The quantitative estimate of drug-likeness (QED) is 0.813. The molecule has 0 spiro atoms. The molecule has 1 aromatic rings. The van der Waals surface area contributed by atoms with E-state index >= 15 is 0 Å². The van der Waals surface area contributed by atoms with Gasteiger partial charge in [0.1, 0.15) is 6.61 Å². The molecule has 2 atom stereocenters. The molecule has 1 aromatic heterocycles. The van der Waals surface area contributed by atoms with Crippen LogP contribution in [0.1, 0.15) is 32.6 Å². The maximum absolute atomic E-state index is 5.98. The van der Waals surface area contributed by atoms with Gasteiger partial charge in [0.05, 0.1) is 24.6 Å². The SMILES string of the molecule is CCn1cc(OCC2CCC(CNC3CC3)O2)cn1. The highest BCUT2D eigenvalue weighted by Crippen LogP contribution is 2.23. The molecule has 1 saturated carbocycles. The van der Waals surface area contributed by atoms with E-state index < -0.39 is 0 Å². The molecule has 1 aliphatic heterocycles. The smallest absolute Gasteiger partial charge is 0.157 e. The minimum atomic E-state index is 0.232. The average Bonchev–Trinajstić information content (AvgIpc) is 2.97. The molecule has 2 fully saturated rings. The normalized spacial score (nSPS) is 26.8. The molecule has 1 aliphatic carbocycles. The predicted molar refractivity (Wildman–Crippen MR) is 72.3 cm³/mol. The lowest BCUT2D eigenvalue weighted by Gasteiger charge is -2.14. The highest BCUT2D eigenvalue weighted by atomic mass is 16.5. The number of nitrogens with one attached hydrogen (secondary N) is 1.